The number of amides is 2. The van der Waals surface area contributed by atoms with E-state index in [0.717, 1.165) is 0 Å². The molecule has 1 fully saturated rings. The minimum atomic E-state index is -1.71. The SMILES string of the molecule is CC.CC(NC(=O)C(O)C(C)C)C(=O)N1CCCC(C(=O)OCC(Cl)(Cl)Cl)N1. The van der Waals surface area contributed by atoms with Crippen LogP contribution in [0.25, 0.3) is 0 Å². The van der Waals surface area contributed by atoms with Gasteiger partial charge in [-0.15, -0.1) is 0 Å². The van der Waals surface area contributed by atoms with Gasteiger partial charge in [0.1, 0.15) is 24.8 Å². The molecule has 1 aliphatic heterocycles. The van der Waals surface area contributed by atoms with Crippen molar-refractivity contribution in [3.05, 3.63) is 0 Å². The summed E-state index contributed by atoms with van der Waals surface area (Å²) in [4.78, 5) is 36.4. The number of hydrogen-bond donors (Lipinski definition) is 3. The van der Waals surface area contributed by atoms with Crippen LogP contribution in [0.2, 0.25) is 0 Å². The number of aliphatic hydroxyl groups is 1. The maximum absolute atomic E-state index is 12.5. The molecule has 0 aromatic rings. The maximum Gasteiger partial charge on any atom is 0.325 e. The van der Waals surface area contributed by atoms with Crippen molar-refractivity contribution in [2.75, 3.05) is 13.2 Å². The summed E-state index contributed by atoms with van der Waals surface area (Å²) in [5, 5.41) is 13.4. The fourth-order valence-corrected chi connectivity index (χ4v) is 2.43. The largest absolute Gasteiger partial charge is 0.460 e. The standard InChI is InChI=1S/C15H24Cl3N3O5.C2H6/c1-8(2)11(22)12(23)19-9(3)13(24)21-6-4-5-10(20-21)14(25)26-7-15(16,17)18;1-2/h8-11,20,22H,4-7H2,1-3H3,(H,19,23);1-2H3. The molecule has 8 nitrogen and oxygen atoms in total. The Kier molecular flexibility index (Phi) is 12.3. The predicted octanol–water partition coefficient (Wildman–Crippen LogP) is 1.94. The molecule has 3 atom stereocenters. The molecule has 0 bridgehead atoms. The molecular formula is C17H30Cl3N3O5. The molecule has 3 unspecified atom stereocenters. The van der Waals surface area contributed by atoms with E-state index in [0.29, 0.717) is 19.4 Å². The van der Waals surface area contributed by atoms with Crippen LogP contribution in [-0.4, -0.2) is 63.0 Å². The minimum Gasteiger partial charge on any atom is -0.460 e. The van der Waals surface area contributed by atoms with E-state index in [-0.39, 0.29) is 5.92 Å². The van der Waals surface area contributed by atoms with E-state index in [4.69, 9.17) is 39.5 Å². The lowest BCUT2D eigenvalue weighted by Gasteiger charge is -2.34. The molecule has 1 aliphatic rings. The van der Waals surface area contributed by atoms with Crippen LogP contribution in [-0.2, 0) is 19.1 Å². The fraction of sp³-hybridized carbons (Fsp3) is 0.824. The highest BCUT2D eigenvalue weighted by atomic mass is 35.6. The van der Waals surface area contributed by atoms with Crippen molar-refractivity contribution in [2.24, 2.45) is 5.92 Å². The van der Waals surface area contributed by atoms with Crippen LogP contribution in [0, 0.1) is 5.92 Å². The zero-order chi connectivity index (χ0) is 22.1. The first-order chi connectivity index (χ1) is 12.9. The van der Waals surface area contributed by atoms with Crippen LogP contribution in [0.4, 0.5) is 0 Å². The third-order valence-corrected chi connectivity index (χ3v) is 4.07. The lowest BCUT2D eigenvalue weighted by molar-refractivity contribution is -0.153. The van der Waals surface area contributed by atoms with Gasteiger partial charge < -0.3 is 15.2 Å². The molecular weight excluding hydrogens is 433 g/mol. The first-order valence-corrected chi connectivity index (χ1v) is 10.3. The Labute approximate surface area is 181 Å². The smallest absolute Gasteiger partial charge is 0.325 e. The van der Waals surface area contributed by atoms with E-state index in [1.54, 1.807) is 13.8 Å². The summed E-state index contributed by atoms with van der Waals surface area (Å²) < 4.78 is 3.21. The van der Waals surface area contributed by atoms with Gasteiger partial charge in [-0.2, -0.15) is 0 Å². The third kappa shape index (κ3) is 9.60. The van der Waals surface area contributed by atoms with Crippen molar-refractivity contribution in [1.82, 2.24) is 15.8 Å². The number of nitrogens with one attached hydrogen (secondary N) is 2. The maximum atomic E-state index is 12.5. The monoisotopic (exact) mass is 461 g/mol. The van der Waals surface area contributed by atoms with E-state index < -0.39 is 46.4 Å². The third-order valence-electron chi connectivity index (χ3n) is 3.74. The molecule has 0 aromatic carbocycles. The molecule has 28 heavy (non-hydrogen) atoms. The lowest BCUT2D eigenvalue weighted by atomic mass is 10.1. The molecule has 164 valence electrons. The summed E-state index contributed by atoms with van der Waals surface area (Å²) >= 11 is 16.6. The molecule has 0 aromatic heterocycles. The van der Waals surface area contributed by atoms with Gasteiger partial charge in [0, 0.05) is 6.54 Å². The molecule has 0 aliphatic carbocycles. The Hall–Kier alpha value is -0.800. The van der Waals surface area contributed by atoms with Crippen molar-refractivity contribution in [3.63, 3.8) is 0 Å². The highest BCUT2D eigenvalue weighted by molar-refractivity contribution is 6.67. The van der Waals surface area contributed by atoms with Crippen molar-refractivity contribution in [1.29, 1.82) is 0 Å². The number of hydrogen-bond acceptors (Lipinski definition) is 6. The first kappa shape index (κ1) is 27.2. The summed E-state index contributed by atoms with van der Waals surface area (Å²) in [6.45, 7) is 8.84. The number of carbonyl (C=O) groups excluding carboxylic acids is 3. The van der Waals surface area contributed by atoms with Gasteiger partial charge in [-0.25, -0.2) is 5.43 Å². The Morgan fingerprint density at radius 1 is 1.25 bits per heavy atom. The normalized spacial score (nSPS) is 19.2. The average molecular weight is 463 g/mol. The zero-order valence-corrected chi connectivity index (χ0v) is 19.1. The summed E-state index contributed by atoms with van der Waals surface area (Å²) in [5.74, 6) is -1.98. The summed E-state index contributed by atoms with van der Waals surface area (Å²) in [7, 11) is 0. The van der Waals surface area contributed by atoms with Crippen LogP contribution < -0.4 is 10.7 Å². The summed E-state index contributed by atoms with van der Waals surface area (Å²) in [6.07, 6.45) is -0.194. The Bertz CT molecular complexity index is 529. The highest BCUT2D eigenvalue weighted by Gasteiger charge is 2.33. The number of esters is 1. The summed E-state index contributed by atoms with van der Waals surface area (Å²) in [5.41, 5.74) is 2.76. The minimum absolute atomic E-state index is 0.275. The van der Waals surface area contributed by atoms with Gasteiger partial charge in [0.2, 0.25) is 9.70 Å². The number of hydrazine groups is 1. The molecule has 0 radical (unpaired) electrons. The number of carbonyl (C=O) groups is 3. The molecule has 1 saturated heterocycles. The molecule has 0 spiro atoms. The van der Waals surface area contributed by atoms with Crippen molar-refractivity contribution in [3.8, 4) is 0 Å². The summed E-state index contributed by atoms with van der Waals surface area (Å²) in [6, 6.07) is -1.64. The number of ether oxygens (including phenoxy) is 1. The Morgan fingerprint density at radius 2 is 1.82 bits per heavy atom. The average Bonchev–Trinajstić information content (AvgIpc) is 2.65. The molecule has 2 amide bonds. The van der Waals surface area contributed by atoms with E-state index in [2.05, 4.69) is 10.7 Å². The van der Waals surface area contributed by atoms with Crippen LogP contribution in [0.5, 0.6) is 0 Å². The Morgan fingerprint density at radius 3 is 2.32 bits per heavy atom. The number of alkyl halides is 3. The number of rotatable bonds is 6. The number of aliphatic hydroxyl groups excluding tert-OH is 1. The topological polar surface area (TPSA) is 108 Å². The van der Waals surface area contributed by atoms with Crippen LogP contribution in [0.3, 0.4) is 0 Å². The lowest BCUT2D eigenvalue weighted by Crippen LogP contribution is -2.60. The van der Waals surface area contributed by atoms with E-state index in [1.807, 2.05) is 13.8 Å². The number of halogens is 3. The second-order valence-electron chi connectivity index (χ2n) is 6.46. The molecule has 3 N–H and O–H groups in total. The first-order valence-electron chi connectivity index (χ1n) is 9.21. The second kappa shape index (κ2) is 12.7. The van der Waals surface area contributed by atoms with Crippen molar-refractivity contribution in [2.45, 2.75) is 69.4 Å². The van der Waals surface area contributed by atoms with Crippen molar-refractivity contribution < 1.29 is 24.2 Å². The van der Waals surface area contributed by atoms with Gasteiger partial charge in [-0.1, -0.05) is 62.5 Å². The second-order valence-corrected chi connectivity index (χ2v) is 8.97. The van der Waals surface area contributed by atoms with Gasteiger partial charge in [0.15, 0.2) is 0 Å². The van der Waals surface area contributed by atoms with Crippen LogP contribution in [0.15, 0.2) is 0 Å². The van der Waals surface area contributed by atoms with E-state index in [9.17, 15) is 19.5 Å². The molecule has 0 saturated carbocycles. The molecule has 1 heterocycles. The van der Waals surface area contributed by atoms with Crippen LogP contribution >= 0.6 is 34.8 Å². The Balaban J connectivity index is 0.00000352. The van der Waals surface area contributed by atoms with Gasteiger partial charge >= 0.3 is 5.97 Å². The molecule has 1 rings (SSSR count). The van der Waals surface area contributed by atoms with Gasteiger partial charge in [0.25, 0.3) is 5.91 Å². The van der Waals surface area contributed by atoms with Gasteiger partial charge in [-0.3, -0.25) is 19.4 Å². The highest BCUT2D eigenvalue weighted by Crippen LogP contribution is 2.26. The van der Waals surface area contributed by atoms with Gasteiger partial charge in [-0.05, 0) is 25.7 Å². The quantitative estimate of drug-likeness (QED) is 0.411. The predicted molar refractivity (Wildman–Crippen MR) is 109 cm³/mol. The van der Waals surface area contributed by atoms with E-state index in [1.165, 1.54) is 11.9 Å². The number of nitrogens with zero attached hydrogens (tertiary/aromatic N) is 1. The van der Waals surface area contributed by atoms with E-state index >= 15 is 0 Å². The van der Waals surface area contributed by atoms with Gasteiger partial charge in [0.05, 0.1) is 0 Å². The fourth-order valence-electron chi connectivity index (χ4n) is 2.27. The zero-order valence-electron chi connectivity index (χ0n) is 16.8. The molecule has 11 heteroatoms. The van der Waals surface area contributed by atoms with Crippen LogP contribution in [0.1, 0.15) is 47.5 Å². The van der Waals surface area contributed by atoms with Crippen molar-refractivity contribution >= 4 is 52.6 Å².